The summed E-state index contributed by atoms with van der Waals surface area (Å²) in [5.74, 6) is -1.09. The maximum atomic E-state index is 11.3. The van der Waals surface area contributed by atoms with Gasteiger partial charge in [-0.05, 0) is 0 Å². The number of isocyanates is 1. The van der Waals surface area contributed by atoms with E-state index in [-0.39, 0.29) is 0 Å². The zero-order valence-electron chi connectivity index (χ0n) is 5.72. The summed E-state index contributed by atoms with van der Waals surface area (Å²) in [6.45, 7) is -2.40. The molecular formula is C5H4F3NO3. The monoisotopic (exact) mass is 183 g/mol. The van der Waals surface area contributed by atoms with E-state index in [2.05, 4.69) is 9.73 Å². The minimum absolute atomic E-state index is 0.866. The molecule has 4 nitrogen and oxygen atoms in total. The number of amides is 1. The Kier molecular flexibility index (Phi) is 4.17. The van der Waals surface area contributed by atoms with Gasteiger partial charge in [-0.3, -0.25) is 4.79 Å². The molecule has 0 spiro atoms. The van der Waals surface area contributed by atoms with Gasteiger partial charge in [0, 0.05) is 0 Å². The largest absolute Gasteiger partial charge is 0.411 e. The van der Waals surface area contributed by atoms with E-state index in [1.165, 1.54) is 0 Å². The fourth-order valence-electron chi connectivity index (χ4n) is 0.337. The summed E-state index contributed by atoms with van der Waals surface area (Å²) in [6.07, 6.45) is -3.60. The molecule has 0 saturated heterocycles. The number of nitrogens with zero attached hydrogens (tertiary/aromatic N) is 1. The van der Waals surface area contributed by atoms with Gasteiger partial charge < -0.3 is 4.74 Å². The molecule has 0 aromatic heterocycles. The van der Waals surface area contributed by atoms with E-state index < -0.39 is 25.3 Å². The van der Waals surface area contributed by atoms with E-state index >= 15 is 0 Å². The lowest BCUT2D eigenvalue weighted by atomic mass is 10.6. The molecule has 0 unspecified atom stereocenters. The first-order valence-electron chi connectivity index (χ1n) is 2.71. The molecule has 0 atom stereocenters. The van der Waals surface area contributed by atoms with Crippen LogP contribution in [0, 0.1) is 0 Å². The van der Waals surface area contributed by atoms with Crippen molar-refractivity contribution in [2.75, 3.05) is 13.2 Å². The lowest BCUT2D eigenvalue weighted by Crippen LogP contribution is -2.19. The zero-order chi connectivity index (χ0) is 9.61. The highest BCUT2D eigenvalue weighted by Gasteiger charge is 2.27. The second-order valence-electron chi connectivity index (χ2n) is 1.70. The first-order chi connectivity index (χ1) is 5.45. The number of carbonyl (C=O) groups excluding carboxylic acids is 2. The van der Waals surface area contributed by atoms with E-state index in [4.69, 9.17) is 0 Å². The molecule has 0 heterocycles. The Labute approximate surface area is 65.0 Å². The number of aliphatic imine (C=N–C) groups is 1. The van der Waals surface area contributed by atoms with E-state index in [0.29, 0.717) is 0 Å². The van der Waals surface area contributed by atoms with E-state index in [1.807, 2.05) is 0 Å². The normalized spacial score (nSPS) is 10.6. The third-order valence-corrected chi connectivity index (χ3v) is 0.662. The van der Waals surface area contributed by atoms with Crippen molar-refractivity contribution < 1.29 is 27.5 Å². The highest BCUT2D eigenvalue weighted by Crippen LogP contribution is 2.13. The van der Waals surface area contributed by atoms with Crippen LogP contribution in [0.25, 0.3) is 0 Å². The molecule has 0 N–H and O–H groups in total. The maximum Gasteiger partial charge on any atom is 0.411 e. The summed E-state index contributed by atoms with van der Waals surface area (Å²) in [7, 11) is 0. The molecule has 0 fully saturated rings. The molecule has 0 aromatic rings. The predicted octanol–water partition coefficient (Wildman–Crippen LogP) is 0.428. The van der Waals surface area contributed by atoms with Gasteiger partial charge in [0.25, 0.3) is 5.91 Å². The van der Waals surface area contributed by atoms with Crippen LogP contribution in [-0.4, -0.2) is 31.4 Å². The minimum Gasteiger partial charge on any atom is -0.362 e. The number of rotatable bonds is 3. The van der Waals surface area contributed by atoms with Crippen molar-refractivity contribution in [3.63, 3.8) is 0 Å². The van der Waals surface area contributed by atoms with Crippen LogP contribution in [-0.2, 0) is 14.3 Å². The van der Waals surface area contributed by atoms with Gasteiger partial charge in [-0.2, -0.15) is 13.2 Å². The summed E-state index contributed by atoms with van der Waals surface area (Å²) in [6, 6.07) is 0. The number of halogens is 3. The van der Waals surface area contributed by atoms with Crippen LogP contribution in [0.5, 0.6) is 0 Å². The van der Waals surface area contributed by atoms with Crippen LogP contribution >= 0.6 is 0 Å². The van der Waals surface area contributed by atoms with Gasteiger partial charge in [0.1, 0.15) is 13.2 Å². The Balaban J connectivity index is 3.57. The summed E-state index contributed by atoms with van der Waals surface area (Å²) in [4.78, 5) is 22.1. The number of hydrogen-bond acceptors (Lipinski definition) is 3. The van der Waals surface area contributed by atoms with Crippen molar-refractivity contribution in [2.24, 2.45) is 4.99 Å². The Hall–Kier alpha value is -1.20. The standard InChI is InChI=1S/C5H4F3NO3/c6-5(7,8)2-12-1-4(11)9-3-10/h1-2H2. The van der Waals surface area contributed by atoms with Gasteiger partial charge in [0.15, 0.2) is 0 Å². The molecule has 0 aliphatic carbocycles. The second kappa shape index (κ2) is 4.63. The quantitative estimate of drug-likeness (QED) is 0.470. The van der Waals surface area contributed by atoms with Gasteiger partial charge in [-0.1, -0.05) is 0 Å². The SMILES string of the molecule is O=C=NC(=O)COCC(F)(F)F. The fraction of sp³-hybridized carbons (Fsp3) is 0.600. The maximum absolute atomic E-state index is 11.3. The Morgan fingerprint density at radius 1 is 1.50 bits per heavy atom. The molecule has 1 amide bonds. The number of alkyl halides is 3. The molecule has 0 aromatic carbocycles. The molecule has 68 valence electrons. The third-order valence-electron chi connectivity index (χ3n) is 0.662. The van der Waals surface area contributed by atoms with E-state index in [0.717, 1.165) is 6.08 Å². The molecule has 0 saturated carbocycles. The lowest BCUT2D eigenvalue weighted by molar-refractivity contribution is -0.175. The van der Waals surface area contributed by atoms with Crippen molar-refractivity contribution >= 4 is 12.0 Å². The zero-order valence-corrected chi connectivity index (χ0v) is 5.72. The Morgan fingerprint density at radius 2 is 2.08 bits per heavy atom. The van der Waals surface area contributed by atoms with Gasteiger partial charge >= 0.3 is 6.18 Å². The first-order valence-corrected chi connectivity index (χ1v) is 2.71. The Morgan fingerprint density at radius 3 is 2.50 bits per heavy atom. The summed E-state index contributed by atoms with van der Waals surface area (Å²) >= 11 is 0. The average Bonchev–Trinajstić information content (AvgIpc) is 1.84. The first kappa shape index (κ1) is 10.8. The topological polar surface area (TPSA) is 55.7 Å². The van der Waals surface area contributed by atoms with Crippen LogP contribution < -0.4 is 0 Å². The summed E-state index contributed by atoms with van der Waals surface area (Å²) in [5.41, 5.74) is 0. The minimum atomic E-state index is -4.48. The Bertz CT molecular complexity index is 206. The second-order valence-corrected chi connectivity index (χ2v) is 1.70. The predicted molar refractivity (Wildman–Crippen MR) is 30.0 cm³/mol. The fourth-order valence-corrected chi connectivity index (χ4v) is 0.337. The molecule has 0 aliphatic rings. The van der Waals surface area contributed by atoms with Gasteiger partial charge in [0.05, 0.1) is 0 Å². The smallest absolute Gasteiger partial charge is 0.362 e. The van der Waals surface area contributed by atoms with Crippen molar-refractivity contribution in [1.82, 2.24) is 0 Å². The van der Waals surface area contributed by atoms with Gasteiger partial charge in [-0.25, -0.2) is 4.79 Å². The van der Waals surface area contributed by atoms with Crippen LogP contribution in [0.1, 0.15) is 0 Å². The molecule has 7 heteroatoms. The van der Waals surface area contributed by atoms with Crippen LogP contribution in [0.3, 0.4) is 0 Å². The van der Waals surface area contributed by atoms with Crippen LogP contribution in [0.2, 0.25) is 0 Å². The van der Waals surface area contributed by atoms with E-state index in [1.54, 1.807) is 0 Å². The van der Waals surface area contributed by atoms with Crippen LogP contribution in [0.15, 0.2) is 4.99 Å². The highest BCUT2D eigenvalue weighted by atomic mass is 19.4. The summed E-state index contributed by atoms with van der Waals surface area (Å²) < 4.78 is 37.9. The van der Waals surface area contributed by atoms with Crippen molar-refractivity contribution in [1.29, 1.82) is 0 Å². The molecule has 12 heavy (non-hydrogen) atoms. The van der Waals surface area contributed by atoms with Crippen molar-refractivity contribution in [3.8, 4) is 0 Å². The number of hydrogen-bond donors (Lipinski definition) is 0. The molecular weight excluding hydrogens is 179 g/mol. The molecule has 0 aliphatic heterocycles. The summed E-state index contributed by atoms with van der Waals surface area (Å²) in [5, 5.41) is 0. The van der Waals surface area contributed by atoms with Crippen molar-refractivity contribution in [2.45, 2.75) is 6.18 Å². The molecule has 0 bridgehead atoms. The van der Waals surface area contributed by atoms with Gasteiger partial charge in [-0.15, -0.1) is 4.99 Å². The average molecular weight is 183 g/mol. The van der Waals surface area contributed by atoms with Gasteiger partial charge in [0.2, 0.25) is 6.08 Å². The molecule has 0 rings (SSSR count). The van der Waals surface area contributed by atoms with Crippen molar-refractivity contribution in [3.05, 3.63) is 0 Å². The highest BCUT2D eigenvalue weighted by molar-refractivity contribution is 5.82. The van der Waals surface area contributed by atoms with Crippen LogP contribution in [0.4, 0.5) is 13.2 Å². The number of carbonyl (C=O) groups is 1. The third kappa shape index (κ3) is 6.91. The molecule has 0 radical (unpaired) electrons. The number of ether oxygens (including phenoxy) is 1. The van der Waals surface area contributed by atoms with E-state index in [9.17, 15) is 22.8 Å². The lowest BCUT2D eigenvalue weighted by Gasteiger charge is -2.04.